The van der Waals surface area contributed by atoms with Crippen molar-refractivity contribution in [3.05, 3.63) is 48.1 Å². The third kappa shape index (κ3) is 1.44. The van der Waals surface area contributed by atoms with E-state index in [9.17, 15) is 0 Å². The molecule has 0 fully saturated rings. The lowest BCUT2D eigenvalue weighted by Crippen LogP contribution is -1.90. The first kappa shape index (κ1) is 9.30. The summed E-state index contributed by atoms with van der Waals surface area (Å²) in [6.45, 7) is 0. The molecule has 0 aliphatic heterocycles. The fourth-order valence-electron chi connectivity index (χ4n) is 1.60. The minimum absolute atomic E-state index is 0.427. The van der Waals surface area contributed by atoms with Gasteiger partial charge < -0.3 is 0 Å². The zero-order valence-corrected chi connectivity index (χ0v) is 8.96. The van der Waals surface area contributed by atoms with Crippen molar-refractivity contribution in [2.24, 2.45) is 0 Å². The van der Waals surface area contributed by atoms with E-state index in [2.05, 4.69) is 15.0 Å². The quantitative estimate of drug-likeness (QED) is 0.603. The molecule has 0 aromatic carbocycles. The van der Waals surface area contributed by atoms with Crippen molar-refractivity contribution in [3.63, 3.8) is 0 Å². The number of fused-ring (bicyclic) bond motifs is 1. The van der Waals surface area contributed by atoms with E-state index in [1.54, 1.807) is 12.3 Å². The minimum Gasteiger partial charge on any atom is -0.298 e. The highest BCUT2D eigenvalue weighted by atomic mass is 35.5. The maximum Gasteiger partial charge on any atom is 0.137 e. The summed E-state index contributed by atoms with van der Waals surface area (Å²) in [5, 5.41) is 0.427. The molecule has 3 aromatic rings. The molecule has 4 nitrogen and oxygen atoms in total. The third-order valence-electron chi connectivity index (χ3n) is 2.31. The summed E-state index contributed by atoms with van der Waals surface area (Å²) in [5.41, 5.74) is 2.55. The fraction of sp³-hybridized carbons (Fsp3) is 0. The Morgan fingerprint density at radius 3 is 2.94 bits per heavy atom. The topological polar surface area (TPSA) is 43.1 Å². The van der Waals surface area contributed by atoms with Crippen molar-refractivity contribution in [1.29, 1.82) is 0 Å². The molecule has 0 amide bonds. The highest BCUT2D eigenvalue weighted by Gasteiger charge is 2.06. The number of rotatable bonds is 1. The standard InChI is InChI=1S/C11H7ClN4/c12-10-5-8(14-7-15-10)9-6-13-11-3-1-2-4-16(9)11/h1-7H. The predicted molar refractivity (Wildman–Crippen MR) is 61.2 cm³/mol. The van der Waals surface area contributed by atoms with Gasteiger partial charge in [0.1, 0.15) is 17.1 Å². The molecule has 78 valence electrons. The van der Waals surface area contributed by atoms with Gasteiger partial charge in [0.25, 0.3) is 0 Å². The summed E-state index contributed by atoms with van der Waals surface area (Å²) in [6.07, 6.45) is 5.15. The summed E-state index contributed by atoms with van der Waals surface area (Å²) in [4.78, 5) is 12.3. The van der Waals surface area contributed by atoms with Crippen LogP contribution < -0.4 is 0 Å². The van der Waals surface area contributed by atoms with Crippen molar-refractivity contribution in [2.45, 2.75) is 0 Å². The summed E-state index contributed by atoms with van der Waals surface area (Å²) in [5.74, 6) is 0. The van der Waals surface area contributed by atoms with Gasteiger partial charge in [0.15, 0.2) is 0 Å². The fourth-order valence-corrected chi connectivity index (χ4v) is 1.74. The van der Waals surface area contributed by atoms with E-state index in [0.29, 0.717) is 5.15 Å². The monoisotopic (exact) mass is 230 g/mol. The highest BCUT2D eigenvalue weighted by molar-refractivity contribution is 6.29. The molecule has 0 spiro atoms. The number of hydrogen-bond donors (Lipinski definition) is 0. The van der Waals surface area contributed by atoms with Crippen molar-refractivity contribution >= 4 is 17.2 Å². The van der Waals surface area contributed by atoms with Crippen LogP contribution in [0, 0.1) is 0 Å². The molecule has 0 atom stereocenters. The second kappa shape index (κ2) is 3.57. The SMILES string of the molecule is Clc1cc(-c2cnc3ccccn23)ncn1. The second-order valence-corrected chi connectivity index (χ2v) is 3.69. The maximum absolute atomic E-state index is 5.83. The zero-order valence-electron chi connectivity index (χ0n) is 8.21. The highest BCUT2D eigenvalue weighted by Crippen LogP contribution is 2.19. The van der Waals surface area contributed by atoms with Crippen molar-refractivity contribution < 1.29 is 0 Å². The lowest BCUT2D eigenvalue weighted by atomic mass is 10.3. The Balaban J connectivity index is 2.26. The average Bonchev–Trinajstić information content (AvgIpc) is 2.72. The van der Waals surface area contributed by atoms with Crippen molar-refractivity contribution in [2.75, 3.05) is 0 Å². The third-order valence-corrected chi connectivity index (χ3v) is 2.52. The molecular weight excluding hydrogens is 224 g/mol. The van der Waals surface area contributed by atoms with Gasteiger partial charge in [0, 0.05) is 12.3 Å². The number of aromatic nitrogens is 4. The zero-order chi connectivity index (χ0) is 11.0. The first-order chi connectivity index (χ1) is 7.84. The van der Waals surface area contributed by atoms with E-state index in [1.807, 2.05) is 28.8 Å². The lowest BCUT2D eigenvalue weighted by Gasteiger charge is -2.00. The Hall–Kier alpha value is -1.94. The molecule has 3 aromatic heterocycles. The van der Waals surface area contributed by atoms with Crippen LogP contribution in [0.15, 0.2) is 43.0 Å². The predicted octanol–water partition coefficient (Wildman–Crippen LogP) is 2.44. The van der Waals surface area contributed by atoms with Gasteiger partial charge in [-0.2, -0.15) is 0 Å². The Morgan fingerprint density at radius 2 is 2.06 bits per heavy atom. The minimum atomic E-state index is 0.427. The molecule has 0 saturated heterocycles. The van der Waals surface area contributed by atoms with E-state index in [1.165, 1.54) is 6.33 Å². The molecule has 0 radical (unpaired) electrons. The van der Waals surface area contributed by atoms with Gasteiger partial charge in [-0.1, -0.05) is 17.7 Å². The summed E-state index contributed by atoms with van der Waals surface area (Å²) >= 11 is 5.83. The van der Waals surface area contributed by atoms with E-state index in [4.69, 9.17) is 11.6 Å². The van der Waals surface area contributed by atoms with Gasteiger partial charge >= 0.3 is 0 Å². The molecule has 0 unspecified atom stereocenters. The van der Waals surface area contributed by atoms with Crippen LogP contribution >= 0.6 is 11.6 Å². The molecule has 0 saturated carbocycles. The van der Waals surface area contributed by atoms with Crippen molar-refractivity contribution in [1.82, 2.24) is 19.4 Å². The Kier molecular flexibility index (Phi) is 2.08. The number of halogens is 1. The Bertz CT molecular complexity index is 647. The number of hydrogen-bond acceptors (Lipinski definition) is 3. The molecule has 0 N–H and O–H groups in total. The van der Waals surface area contributed by atoms with Crippen LogP contribution in [0.3, 0.4) is 0 Å². The average molecular weight is 231 g/mol. The van der Waals surface area contributed by atoms with Crippen LogP contribution in [0.1, 0.15) is 0 Å². The summed E-state index contributed by atoms with van der Waals surface area (Å²) in [7, 11) is 0. The van der Waals surface area contributed by atoms with Crippen LogP contribution in [-0.4, -0.2) is 19.4 Å². The van der Waals surface area contributed by atoms with E-state index in [-0.39, 0.29) is 0 Å². The molecular formula is C11H7ClN4. The summed E-state index contributed by atoms with van der Waals surface area (Å²) < 4.78 is 1.96. The first-order valence-electron chi connectivity index (χ1n) is 4.74. The van der Waals surface area contributed by atoms with Gasteiger partial charge in [-0.15, -0.1) is 0 Å². The van der Waals surface area contributed by atoms with E-state index >= 15 is 0 Å². The number of pyridine rings is 1. The van der Waals surface area contributed by atoms with Gasteiger partial charge in [0.05, 0.1) is 17.6 Å². The van der Waals surface area contributed by atoms with Crippen LogP contribution in [0.5, 0.6) is 0 Å². The number of imidazole rings is 1. The molecule has 0 aliphatic rings. The van der Waals surface area contributed by atoms with Crippen LogP contribution in [0.2, 0.25) is 5.15 Å². The Morgan fingerprint density at radius 1 is 1.12 bits per heavy atom. The van der Waals surface area contributed by atoms with Crippen LogP contribution in [0.4, 0.5) is 0 Å². The van der Waals surface area contributed by atoms with Crippen molar-refractivity contribution in [3.8, 4) is 11.4 Å². The van der Waals surface area contributed by atoms with Crippen LogP contribution in [-0.2, 0) is 0 Å². The lowest BCUT2D eigenvalue weighted by molar-refractivity contribution is 1.13. The van der Waals surface area contributed by atoms with Gasteiger partial charge in [-0.25, -0.2) is 15.0 Å². The van der Waals surface area contributed by atoms with Gasteiger partial charge in [-0.3, -0.25) is 4.40 Å². The normalized spacial score (nSPS) is 10.8. The Labute approximate surface area is 96.6 Å². The molecule has 3 rings (SSSR count). The maximum atomic E-state index is 5.83. The van der Waals surface area contributed by atoms with Gasteiger partial charge in [0.2, 0.25) is 0 Å². The van der Waals surface area contributed by atoms with Gasteiger partial charge in [-0.05, 0) is 12.1 Å². The largest absolute Gasteiger partial charge is 0.298 e. The number of nitrogens with zero attached hydrogens (tertiary/aromatic N) is 4. The summed E-state index contributed by atoms with van der Waals surface area (Å²) in [6, 6.07) is 7.55. The second-order valence-electron chi connectivity index (χ2n) is 3.30. The molecule has 0 bridgehead atoms. The van der Waals surface area contributed by atoms with Crippen LogP contribution in [0.25, 0.3) is 17.0 Å². The molecule has 0 aliphatic carbocycles. The van der Waals surface area contributed by atoms with E-state index < -0.39 is 0 Å². The molecule has 16 heavy (non-hydrogen) atoms. The molecule has 3 heterocycles. The van der Waals surface area contributed by atoms with E-state index in [0.717, 1.165) is 17.0 Å². The molecule has 5 heteroatoms. The smallest absolute Gasteiger partial charge is 0.137 e. The first-order valence-corrected chi connectivity index (χ1v) is 5.12.